The normalized spacial score (nSPS) is 27.8. The molecule has 0 amide bonds. The molecule has 4 N–H and O–H groups in total. The summed E-state index contributed by atoms with van der Waals surface area (Å²) in [6.45, 7) is 1.72. The maximum Gasteiger partial charge on any atom is 0.320 e. The van der Waals surface area contributed by atoms with Crippen molar-refractivity contribution in [3.05, 3.63) is 0 Å². The van der Waals surface area contributed by atoms with Crippen molar-refractivity contribution in [2.45, 2.75) is 50.6 Å². The Morgan fingerprint density at radius 1 is 0.778 bits per heavy atom. The van der Waals surface area contributed by atoms with E-state index in [4.69, 9.17) is 10.2 Å². The topological polar surface area (TPSA) is 98.7 Å². The van der Waals surface area contributed by atoms with Crippen molar-refractivity contribution in [3.63, 3.8) is 0 Å². The smallest absolute Gasteiger partial charge is 0.320 e. The Bertz CT molecular complexity index is 243. The first-order valence-electron chi connectivity index (χ1n) is 6.53. The molecule has 104 valence electrons. The maximum absolute atomic E-state index is 10.3. The Morgan fingerprint density at radius 3 is 1.33 bits per heavy atom. The van der Waals surface area contributed by atoms with Gasteiger partial charge in [0.25, 0.3) is 0 Å². The molecule has 6 heteroatoms. The van der Waals surface area contributed by atoms with Gasteiger partial charge in [-0.05, 0) is 38.8 Å². The molecule has 2 heterocycles. The summed E-state index contributed by atoms with van der Waals surface area (Å²) in [5, 5.41) is 22.8. The molecule has 0 saturated carbocycles. The second-order valence-corrected chi connectivity index (χ2v) is 4.68. The van der Waals surface area contributed by atoms with E-state index < -0.39 is 11.9 Å². The van der Waals surface area contributed by atoms with E-state index in [1.54, 1.807) is 0 Å². The summed E-state index contributed by atoms with van der Waals surface area (Å²) in [6.07, 6.45) is 5.90. The molecule has 6 nitrogen and oxygen atoms in total. The SMILES string of the molecule is O=C(O)[C@@H]1CCCCN1.O=C(O)[C@H]1CCCCN1. The summed E-state index contributed by atoms with van der Waals surface area (Å²) in [6, 6.07) is -0.558. The summed E-state index contributed by atoms with van der Waals surface area (Å²) < 4.78 is 0. The van der Waals surface area contributed by atoms with Gasteiger partial charge in [-0.2, -0.15) is 0 Å². The Hall–Kier alpha value is -1.14. The van der Waals surface area contributed by atoms with E-state index in [0.29, 0.717) is 0 Å². The minimum Gasteiger partial charge on any atom is -0.480 e. The minimum absolute atomic E-state index is 0.279. The first kappa shape index (κ1) is 14.9. The van der Waals surface area contributed by atoms with E-state index in [-0.39, 0.29) is 12.1 Å². The second kappa shape index (κ2) is 8.05. The third kappa shape index (κ3) is 5.46. The molecule has 0 aromatic carbocycles. The highest BCUT2D eigenvalue weighted by atomic mass is 16.4. The third-order valence-electron chi connectivity index (χ3n) is 3.22. The number of carboxylic acids is 2. The Balaban J connectivity index is 0.000000180. The molecular weight excluding hydrogens is 236 g/mol. The van der Waals surface area contributed by atoms with E-state index in [1.165, 1.54) is 0 Å². The molecule has 2 aliphatic rings. The van der Waals surface area contributed by atoms with Gasteiger partial charge in [0.05, 0.1) is 0 Å². The molecule has 18 heavy (non-hydrogen) atoms. The van der Waals surface area contributed by atoms with E-state index >= 15 is 0 Å². The van der Waals surface area contributed by atoms with Crippen molar-refractivity contribution in [3.8, 4) is 0 Å². The zero-order valence-corrected chi connectivity index (χ0v) is 10.5. The average Bonchev–Trinajstić information content (AvgIpc) is 2.41. The lowest BCUT2D eigenvalue weighted by Crippen LogP contribution is -2.40. The summed E-state index contributed by atoms with van der Waals surface area (Å²) in [5.41, 5.74) is 0. The summed E-state index contributed by atoms with van der Waals surface area (Å²) >= 11 is 0. The monoisotopic (exact) mass is 258 g/mol. The molecule has 0 radical (unpaired) electrons. The van der Waals surface area contributed by atoms with Gasteiger partial charge in [-0.15, -0.1) is 0 Å². The highest BCUT2D eigenvalue weighted by Gasteiger charge is 2.19. The number of nitrogens with one attached hydrogen (secondary N) is 2. The van der Waals surface area contributed by atoms with Gasteiger partial charge in [0.15, 0.2) is 0 Å². The molecular formula is C12H22N2O4. The van der Waals surface area contributed by atoms with Crippen LogP contribution in [0.4, 0.5) is 0 Å². The van der Waals surface area contributed by atoms with Crippen LogP contribution in [0.5, 0.6) is 0 Å². The summed E-state index contributed by atoms with van der Waals surface area (Å²) in [7, 11) is 0. The van der Waals surface area contributed by atoms with Crippen molar-refractivity contribution in [1.29, 1.82) is 0 Å². The molecule has 0 unspecified atom stereocenters. The average molecular weight is 258 g/mol. The van der Waals surface area contributed by atoms with Gasteiger partial charge in [-0.25, -0.2) is 0 Å². The molecule has 2 aliphatic heterocycles. The zero-order chi connectivity index (χ0) is 13.4. The summed E-state index contributed by atoms with van der Waals surface area (Å²) in [4.78, 5) is 20.6. The van der Waals surface area contributed by atoms with Crippen LogP contribution in [0.1, 0.15) is 38.5 Å². The number of aliphatic carboxylic acids is 2. The zero-order valence-electron chi connectivity index (χ0n) is 10.5. The Kier molecular flexibility index (Phi) is 6.67. The molecule has 0 bridgehead atoms. The van der Waals surface area contributed by atoms with Crippen LogP contribution in [0.2, 0.25) is 0 Å². The largest absolute Gasteiger partial charge is 0.480 e. The van der Waals surface area contributed by atoms with E-state index in [0.717, 1.165) is 51.6 Å². The van der Waals surface area contributed by atoms with Gasteiger partial charge < -0.3 is 20.8 Å². The Labute approximate surface area is 107 Å². The molecule has 2 fully saturated rings. The van der Waals surface area contributed by atoms with E-state index in [9.17, 15) is 9.59 Å². The standard InChI is InChI=1S/2C6H11NO2/c2*8-6(9)5-3-1-2-4-7-5/h2*5,7H,1-4H2,(H,8,9)/t2*5-/m10/s1. The molecule has 0 spiro atoms. The fourth-order valence-corrected chi connectivity index (χ4v) is 2.13. The number of piperidine rings is 2. The second-order valence-electron chi connectivity index (χ2n) is 4.68. The predicted octanol–water partition coefficient (Wildman–Crippen LogP) is 0.426. The summed E-state index contributed by atoms with van der Waals surface area (Å²) in [5.74, 6) is -1.43. The van der Waals surface area contributed by atoms with Crippen molar-refractivity contribution in [1.82, 2.24) is 10.6 Å². The van der Waals surface area contributed by atoms with E-state index in [1.807, 2.05) is 0 Å². The van der Waals surface area contributed by atoms with Crippen LogP contribution < -0.4 is 10.6 Å². The van der Waals surface area contributed by atoms with Gasteiger partial charge in [0.1, 0.15) is 12.1 Å². The van der Waals surface area contributed by atoms with Crippen LogP contribution in [0, 0.1) is 0 Å². The number of hydrogen-bond donors (Lipinski definition) is 4. The first-order valence-corrected chi connectivity index (χ1v) is 6.53. The van der Waals surface area contributed by atoms with Crippen molar-refractivity contribution >= 4 is 11.9 Å². The number of hydrogen-bond acceptors (Lipinski definition) is 4. The van der Waals surface area contributed by atoms with Crippen LogP contribution >= 0.6 is 0 Å². The third-order valence-corrected chi connectivity index (χ3v) is 3.22. The lowest BCUT2D eigenvalue weighted by atomic mass is 10.1. The molecule has 0 aromatic heterocycles. The Morgan fingerprint density at radius 2 is 1.17 bits per heavy atom. The van der Waals surface area contributed by atoms with Gasteiger partial charge >= 0.3 is 11.9 Å². The van der Waals surface area contributed by atoms with Gasteiger partial charge in [0.2, 0.25) is 0 Å². The predicted molar refractivity (Wildman–Crippen MR) is 66.6 cm³/mol. The van der Waals surface area contributed by atoms with E-state index in [2.05, 4.69) is 10.6 Å². The van der Waals surface area contributed by atoms with Crippen molar-refractivity contribution in [2.24, 2.45) is 0 Å². The van der Waals surface area contributed by atoms with Crippen molar-refractivity contribution < 1.29 is 19.8 Å². The molecule has 0 aliphatic carbocycles. The first-order chi connectivity index (χ1) is 8.61. The van der Waals surface area contributed by atoms with Crippen LogP contribution in [0.15, 0.2) is 0 Å². The number of carbonyl (C=O) groups is 2. The molecule has 2 atom stereocenters. The molecule has 0 aromatic rings. The molecule has 2 saturated heterocycles. The maximum atomic E-state index is 10.3. The molecule has 2 rings (SSSR count). The van der Waals surface area contributed by atoms with Crippen LogP contribution in [0.3, 0.4) is 0 Å². The highest BCUT2D eigenvalue weighted by molar-refractivity contribution is 5.73. The van der Waals surface area contributed by atoms with Gasteiger partial charge in [-0.1, -0.05) is 12.8 Å². The number of rotatable bonds is 2. The highest BCUT2D eigenvalue weighted by Crippen LogP contribution is 2.06. The lowest BCUT2D eigenvalue weighted by Gasteiger charge is -2.18. The van der Waals surface area contributed by atoms with Gasteiger partial charge in [0, 0.05) is 0 Å². The van der Waals surface area contributed by atoms with Crippen molar-refractivity contribution in [2.75, 3.05) is 13.1 Å². The number of carboxylic acid groups (broad SMARTS) is 2. The fraction of sp³-hybridized carbons (Fsp3) is 0.833. The van der Waals surface area contributed by atoms with Crippen LogP contribution in [-0.4, -0.2) is 47.3 Å². The van der Waals surface area contributed by atoms with Gasteiger partial charge in [-0.3, -0.25) is 9.59 Å². The quantitative estimate of drug-likeness (QED) is 0.573. The van der Waals surface area contributed by atoms with Crippen LogP contribution in [-0.2, 0) is 9.59 Å². The minimum atomic E-state index is -0.713. The fourth-order valence-electron chi connectivity index (χ4n) is 2.13. The van der Waals surface area contributed by atoms with Crippen LogP contribution in [0.25, 0.3) is 0 Å². The lowest BCUT2D eigenvalue weighted by molar-refractivity contribution is -0.141.